The first-order chi connectivity index (χ1) is 20.4. The number of carbonyl (C=O) groups is 1. The fraction of sp³-hybridized carbons (Fsp3) is 0.324. The van der Waals surface area contributed by atoms with Crippen LogP contribution in [0.15, 0.2) is 109 Å². The number of ketones is 1. The fourth-order valence-corrected chi connectivity index (χ4v) is 8.03. The number of methoxy groups -OCH3 is 2. The van der Waals surface area contributed by atoms with E-state index in [1.807, 2.05) is 67.6 Å². The van der Waals surface area contributed by atoms with E-state index in [1.54, 1.807) is 14.2 Å². The van der Waals surface area contributed by atoms with Gasteiger partial charge >= 0.3 is 0 Å². The molecular weight excluding hydrogens is 522 g/mol. The van der Waals surface area contributed by atoms with Crippen LogP contribution in [-0.4, -0.2) is 43.8 Å². The van der Waals surface area contributed by atoms with Crippen molar-refractivity contribution in [1.82, 2.24) is 5.32 Å². The average Bonchev–Trinajstić information content (AvgIpc) is 3.57. The monoisotopic (exact) mass is 561 g/mol. The largest absolute Gasteiger partial charge is 0.496 e. The standard InChI is InChI=1S/C37H39NO4/c1-35(28-18-10-12-20-32(28)41-2,29-19-11-13-21-33(29)42-3)34(39)37(40)23-22-36(26-14-6-4-7-15-26,27-16-8-5-9-17-27)30-24-38-25-31(30)37/h4-21,30-31,38,40H,22-25H2,1-3H3. The van der Waals surface area contributed by atoms with Gasteiger partial charge in [0.1, 0.15) is 17.1 Å². The van der Waals surface area contributed by atoms with E-state index in [1.165, 1.54) is 11.1 Å². The Morgan fingerprint density at radius 3 is 1.67 bits per heavy atom. The summed E-state index contributed by atoms with van der Waals surface area (Å²) >= 11 is 0. The number of benzene rings is 4. The molecule has 216 valence electrons. The number of Topliss-reactive ketones (excluding diaryl/α,β-unsaturated/α-hetero) is 1. The van der Waals surface area contributed by atoms with E-state index < -0.39 is 11.0 Å². The summed E-state index contributed by atoms with van der Waals surface area (Å²) in [5.41, 5.74) is 0.706. The van der Waals surface area contributed by atoms with Crippen LogP contribution in [0.4, 0.5) is 0 Å². The maximum absolute atomic E-state index is 15.3. The minimum absolute atomic E-state index is 0.00425. The Labute approximate surface area is 248 Å². The first-order valence-electron chi connectivity index (χ1n) is 14.8. The third-order valence-corrected chi connectivity index (χ3v) is 10.1. The third-order valence-electron chi connectivity index (χ3n) is 10.1. The topological polar surface area (TPSA) is 67.8 Å². The molecule has 5 heteroatoms. The van der Waals surface area contributed by atoms with Crippen LogP contribution in [0.5, 0.6) is 11.5 Å². The van der Waals surface area contributed by atoms with Gasteiger partial charge in [-0.25, -0.2) is 0 Å². The zero-order valence-corrected chi connectivity index (χ0v) is 24.5. The second-order valence-corrected chi connectivity index (χ2v) is 11.9. The van der Waals surface area contributed by atoms with E-state index in [2.05, 4.69) is 53.8 Å². The lowest BCUT2D eigenvalue weighted by molar-refractivity contribution is -0.156. The van der Waals surface area contributed by atoms with Crippen LogP contribution in [-0.2, 0) is 15.6 Å². The van der Waals surface area contributed by atoms with E-state index in [0.29, 0.717) is 48.6 Å². The maximum atomic E-state index is 15.3. The van der Waals surface area contributed by atoms with Crippen LogP contribution in [0.2, 0.25) is 0 Å². The molecule has 1 heterocycles. The van der Waals surface area contributed by atoms with Crippen molar-refractivity contribution >= 4 is 5.78 Å². The van der Waals surface area contributed by atoms with Crippen LogP contribution >= 0.6 is 0 Å². The summed E-state index contributed by atoms with van der Waals surface area (Å²) in [6.45, 7) is 3.18. The zero-order chi connectivity index (χ0) is 29.4. The summed E-state index contributed by atoms with van der Waals surface area (Å²) in [4.78, 5) is 15.3. The van der Waals surface area contributed by atoms with Gasteiger partial charge in [0.25, 0.3) is 0 Å². The quantitative estimate of drug-likeness (QED) is 0.279. The highest BCUT2D eigenvalue weighted by Gasteiger charge is 2.63. The second kappa shape index (κ2) is 11.0. The Balaban J connectivity index is 1.53. The molecule has 0 aromatic heterocycles. The molecule has 2 fully saturated rings. The number of rotatable bonds is 8. The van der Waals surface area contributed by atoms with Gasteiger partial charge in [-0.15, -0.1) is 0 Å². The van der Waals surface area contributed by atoms with Gasteiger partial charge in [0.05, 0.1) is 19.6 Å². The number of fused-ring (bicyclic) bond motifs is 1. The van der Waals surface area contributed by atoms with Crippen molar-refractivity contribution in [2.45, 2.75) is 36.2 Å². The average molecular weight is 562 g/mol. The number of nitrogens with one attached hydrogen (secondary N) is 1. The Morgan fingerprint density at radius 2 is 1.17 bits per heavy atom. The minimum Gasteiger partial charge on any atom is -0.496 e. The molecule has 1 aliphatic carbocycles. The van der Waals surface area contributed by atoms with Crippen LogP contribution in [0, 0.1) is 11.8 Å². The lowest BCUT2D eigenvalue weighted by Crippen LogP contribution is -2.62. The number of carbonyl (C=O) groups excluding carboxylic acids is 1. The summed E-state index contributed by atoms with van der Waals surface area (Å²) in [5.74, 6) is 0.676. The molecule has 1 saturated carbocycles. The predicted molar refractivity (Wildman–Crippen MR) is 165 cm³/mol. The van der Waals surface area contributed by atoms with Crippen LogP contribution in [0.3, 0.4) is 0 Å². The summed E-state index contributed by atoms with van der Waals surface area (Å²) in [7, 11) is 3.23. The van der Waals surface area contributed by atoms with Crippen molar-refractivity contribution in [2.75, 3.05) is 27.3 Å². The zero-order valence-electron chi connectivity index (χ0n) is 24.5. The molecule has 3 unspecified atom stereocenters. The van der Waals surface area contributed by atoms with Gasteiger partial charge in [-0.05, 0) is 55.5 Å². The molecule has 6 rings (SSSR count). The highest BCUT2D eigenvalue weighted by molar-refractivity contribution is 6.01. The van der Waals surface area contributed by atoms with Gasteiger partial charge in [-0.3, -0.25) is 4.79 Å². The Kier molecular flexibility index (Phi) is 7.42. The maximum Gasteiger partial charge on any atom is 0.179 e. The Hall–Kier alpha value is -3.93. The molecule has 1 aliphatic heterocycles. The summed E-state index contributed by atoms with van der Waals surface area (Å²) in [6.07, 6.45) is 0.971. The molecule has 42 heavy (non-hydrogen) atoms. The van der Waals surface area contributed by atoms with Crippen LogP contribution < -0.4 is 14.8 Å². The first-order valence-corrected chi connectivity index (χ1v) is 14.8. The molecule has 2 N–H and O–H groups in total. The van der Waals surface area contributed by atoms with Gasteiger partial charge in [0, 0.05) is 29.0 Å². The molecule has 2 aliphatic rings. The molecular formula is C37H39NO4. The van der Waals surface area contributed by atoms with E-state index in [0.717, 1.165) is 0 Å². The van der Waals surface area contributed by atoms with Crippen LogP contribution in [0.1, 0.15) is 42.0 Å². The normalized spacial score (nSPS) is 23.1. The second-order valence-electron chi connectivity index (χ2n) is 11.9. The fourth-order valence-electron chi connectivity index (χ4n) is 8.03. The smallest absolute Gasteiger partial charge is 0.179 e. The summed E-state index contributed by atoms with van der Waals surface area (Å²) < 4.78 is 11.6. The van der Waals surface area contributed by atoms with Crippen molar-refractivity contribution in [1.29, 1.82) is 0 Å². The number of para-hydroxylation sites is 2. The van der Waals surface area contributed by atoms with E-state index in [-0.39, 0.29) is 23.0 Å². The van der Waals surface area contributed by atoms with E-state index in [9.17, 15) is 5.11 Å². The highest BCUT2D eigenvalue weighted by Crippen LogP contribution is 2.57. The number of hydrogen-bond donors (Lipinski definition) is 2. The van der Waals surface area contributed by atoms with Crippen molar-refractivity contribution in [3.05, 3.63) is 131 Å². The molecule has 0 radical (unpaired) electrons. The minimum atomic E-state index is -1.59. The summed E-state index contributed by atoms with van der Waals surface area (Å²) in [5, 5.41) is 16.4. The predicted octanol–water partition coefficient (Wildman–Crippen LogP) is 5.93. The Bertz CT molecular complexity index is 1470. The molecule has 4 aromatic rings. The first kappa shape index (κ1) is 28.2. The van der Waals surface area contributed by atoms with Gasteiger partial charge in [0.2, 0.25) is 0 Å². The van der Waals surface area contributed by atoms with Gasteiger partial charge in [-0.1, -0.05) is 97.1 Å². The SMILES string of the molecule is COc1ccccc1C(C)(C(=O)C1(O)CCC(c2ccccc2)(c2ccccc2)C2CNCC21)c1ccccc1OC. The molecule has 1 saturated heterocycles. The van der Waals surface area contributed by atoms with Gasteiger partial charge in [0.15, 0.2) is 5.78 Å². The molecule has 3 atom stereocenters. The lowest BCUT2D eigenvalue weighted by atomic mass is 9.50. The van der Waals surface area contributed by atoms with Crippen molar-refractivity contribution in [3.8, 4) is 11.5 Å². The number of ether oxygens (including phenoxy) is 2. The third kappa shape index (κ3) is 4.18. The molecule has 4 aromatic carbocycles. The van der Waals surface area contributed by atoms with Crippen molar-refractivity contribution in [3.63, 3.8) is 0 Å². The van der Waals surface area contributed by atoms with Crippen LogP contribution in [0.25, 0.3) is 0 Å². The Morgan fingerprint density at radius 1 is 0.714 bits per heavy atom. The molecule has 5 nitrogen and oxygen atoms in total. The number of aliphatic hydroxyl groups is 1. The number of hydrogen-bond acceptors (Lipinski definition) is 5. The lowest BCUT2D eigenvalue weighted by Gasteiger charge is -2.53. The van der Waals surface area contributed by atoms with Gasteiger partial charge < -0.3 is 19.9 Å². The van der Waals surface area contributed by atoms with E-state index >= 15 is 4.79 Å². The van der Waals surface area contributed by atoms with Gasteiger partial charge in [-0.2, -0.15) is 0 Å². The molecule has 0 bridgehead atoms. The van der Waals surface area contributed by atoms with Crippen molar-refractivity contribution < 1.29 is 19.4 Å². The molecule has 0 amide bonds. The highest BCUT2D eigenvalue weighted by atomic mass is 16.5. The summed E-state index contributed by atoms with van der Waals surface area (Å²) in [6, 6.07) is 36.5. The van der Waals surface area contributed by atoms with Crippen molar-refractivity contribution in [2.24, 2.45) is 11.8 Å². The van der Waals surface area contributed by atoms with E-state index in [4.69, 9.17) is 9.47 Å². The molecule has 0 spiro atoms.